The molecule has 3 rings (SSSR count). The van der Waals surface area contributed by atoms with Gasteiger partial charge in [0.05, 0.1) is 19.5 Å². The Balaban J connectivity index is 0.000000316. The molecule has 1 heterocycles. The fourth-order valence-electron chi connectivity index (χ4n) is 1.92. The molecule has 8 nitrogen and oxygen atoms in total. The molecular formula is C17H15N3O5. The van der Waals surface area contributed by atoms with Gasteiger partial charge in [-0.2, -0.15) is 0 Å². The number of nitrogens with zero attached hydrogens (tertiary/aromatic N) is 3. The van der Waals surface area contributed by atoms with Crippen LogP contribution in [0, 0.1) is 0 Å². The Hall–Kier alpha value is -3.52. The maximum absolute atomic E-state index is 12.3. The summed E-state index contributed by atoms with van der Waals surface area (Å²) in [5, 5.41) is 28.6. The molecule has 0 spiro atoms. The number of carbonyl (C=O) groups is 1. The number of hydrogen-bond donors (Lipinski definition) is 2. The van der Waals surface area contributed by atoms with E-state index in [4.69, 9.17) is 9.99 Å². The zero-order chi connectivity index (χ0) is 18.1. The first-order valence-electron chi connectivity index (χ1n) is 7.08. The minimum absolute atomic E-state index is 0.0878. The fourth-order valence-corrected chi connectivity index (χ4v) is 1.92. The number of hydrogen-bond acceptors (Lipinski definition) is 8. The number of ether oxygens (including phenoxy) is 1. The van der Waals surface area contributed by atoms with Crippen molar-refractivity contribution >= 4 is 5.78 Å². The van der Waals surface area contributed by atoms with Crippen molar-refractivity contribution in [1.29, 1.82) is 0 Å². The summed E-state index contributed by atoms with van der Waals surface area (Å²) in [4.78, 5) is 16.4. The van der Waals surface area contributed by atoms with Gasteiger partial charge in [0.1, 0.15) is 17.1 Å². The summed E-state index contributed by atoms with van der Waals surface area (Å²) in [6, 6.07) is 12.3. The van der Waals surface area contributed by atoms with E-state index in [1.165, 1.54) is 25.3 Å². The van der Waals surface area contributed by atoms with Crippen molar-refractivity contribution in [1.82, 2.24) is 15.4 Å². The van der Waals surface area contributed by atoms with Crippen LogP contribution in [0.5, 0.6) is 17.2 Å². The molecule has 0 unspecified atom stereocenters. The number of benzene rings is 2. The Labute approximate surface area is 143 Å². The van der Waals surface area contributed by atoms with Crippen molar-refractivity contribution < 1.29 is 24.8 Å². The highest BCUT2D eigenvalue weighted by molar-refractivity contribution is 6.12. The first kappa shape index (κ1) is 17.8. The van der Waals surface area contributed by atoms with Crippen LogP contribution >= 0.6 is 0 Å². The molecule has 0 fully saturated rings. The summed E-state index contributed by atoms with van der Waals surface area (Å²) >= 11 is 0. The van der Waals surface area contributed by atoms with E-state index in [0.29, 0.717) is 11.3 Å². The summed E-state index contributed by atoms with van der Waals surface area (Å²) in [5.41, 5.74) is 0.260. The van der Waals surface area contributed by atoms with E-state index in [1.54, 1.807) is 42.7 Å². The second-order valence-corrected chi connectivity index (χ2v) is 4.61. The van der Waals surface area contributed by atoms with Gasteiger partial charge < -0.3 is 14.7 Å². The Morgan fingerprint density at radius 2 is 1.68 bits per heavy atom. The first-order valence-corrected chi connectivity index (χ1v) is 7.08. The molecular weight excluding hydrogens is 326 g/mol. The zero-order valence-corrected chi connectivity index (χ0v) is 13.2. The van der Waals surface area contributed by atoms with Crippen molar-refractivity contribution in [2.75, 3.05) is 7.11 Å². The third kappa shape index (κ3) is 4.72. The van der Waals surface area contributed by atoms with Crippen LogP contribution in [0.2, 0.25) is 0 Å². The molecule has 0 amide bonds. The van der Waals surface area contributed by atoms with E-state index in [9.17, 15) is 9.90 Å². The number of aromatic nitrogens is 3. The lowest BCUT2D eigenvalue weighted by Gasteiger charge is -2.08. The summed E-state index contributed by atoms with van der Waals surface area (Å²) in [6.45, 7) is 0. The van der Waals surface area contributed by atoms with Crippen molar-refractivity contribution in [3.05, 3.63) is 72.1 Å². The van der Waals surface area contributed by atoms with E-state index in [0.717, 1.165) is 0 Å². The quantitative estimate of drug-likeness (QED) is 0.422. The van der Waals surface area contributed by atoms with Crippen LogP contribution in [0.4, 0.5) is 0 Å². The van der Waals surface area contributed by atoms with Gasteiger partial charge in [0.15, 0.2) is 5.75 Å². The Morgan fingerprint density at radius 3 is 2.16 bits per heavy atom. The van der Waals surface area contributed by atoms with Gasteiger partial charge >= 0.3 is 0 Å². The number of aromatic hydroxyl groups is 1. The van der Waals surface area contributed by atoms with Gasteiger partial charge in [-0.1, -0.05) is 6.07 Å². The minimum atomic E-state index is -0.454. The minimum Gasteiger partial charge on any atom is -0.507 e. The van der Waals surface area contributed by atoms with E-state index in [1.807, 2.05) is 0 Å². The third-order valence-corrected chi connectivity index (χ3v) is 3.09. The molecule has 0 aliphatic heterocycles. The van der Waals surface area contributed by atoms with E-state index >= 15 is 0 Å². The monoisotopic (exact) mass is 341 g/mol. The van der Waals surface area contributed by atoms with Gasteiger partial charge in [-0.25, -0.2) is 5.26 Å². The fraction of sp³-hybridized carbons (Fsp3) is 0.0588. The van der Waals surface area contributed by atoms with Crippen LogP contribution in [-0.4, -0.2) is 38.7 Å². The summed E-state index contributed by atoms with van der Waals surface area (Å²) in [7, 11) is 1.53. The number of ketones is 1. The predicted octanol–water partition coefficient (Wildman–Crippen LogP) is 2.36. The molecule has 0 radical (unpaired) electrons. The number of rotatable bonds is 4. The van der Waals surface area contributed by atoms with Gasteiger partial charge in [0.25, 0.3) is 0 Å². The van der Waals surface area contributed by atoms with Crippen LogP contribution < -0.4 is 9.62 Å². The lowest BCUT2D eigenvalue weighted by molar-refractivity contribution is -0.138. The van der Waals surface area contributed by atoms with Crippen molar-refractivity contribution in [2.45, 2.75) is 0 Å². The highest BCUT2D eigenvalue weighted by Gasteiger charge is 2.19. The normalized spacial score (nSPS) is 9.52. The number of methoxy groups -OCH3 is 1. The summed E-state index contributed by atoms with van der Waals surface area (Å²) in [5.74, 6) is -0.189. The average molecular weight is 341 g/mol. The third-order valence-electron chi connectivity index (χ3n) is 3.09. The molecule has 0 bridgehead atoms. The summed E-state index contributed by atoms with van der Waals surface area (Å²) < 4.78 is 5.00. The van der Waals surface area contributed by atoms with Crippen LogP contribution in [0.25, 0.3) is 0 Å². The van der Waals surface area contributed by atoms with Crippen LogP contribution in [0.3, 0.4) is 0 Å². The highest BCUT2D eigenvalue weighted by Crippen LogP contribution is 2.30. The average Bonchev–Trinajstić information content (AvgIpc) is 2.69. The van der Waals surface area contributed by atoms with E-state index in [2.05, 4.69) is 20.3 Å². The van der Waals surface area contributed by atoms with E-state index in [-0.39, 0.29) is 17.1 Å². The smallest absolute Gasteiger partial charge is 0.200 e. The Morgan fingerprint density at radius 1 is 1.00 bits per heavy atom. The maximum atomic E-state index is 12.3. The molecule has 0 saturated heterocycles. The van der Waals surface area contributed by atoms with Gasteiger partial charge in [0.2, 0.25) is 5.78 Å². The second-order valence-electron chi connectivity index (χ2n) is 4.61. The molecule has 3 aromatic rings. The zero-order valence-electron chi connectivity index (χ0n) is 13.2. The number of phenolic OH excluding ortho intramolecular Hbond substituents is 1. The molecule has 0 aliphatic rings. The van der Waals surface area contributed by atoms with Crippen LogP contribution in [0.15, 0.2) is 60.9 Å². The van der Waals surface area contributed by atoms with Crippen LogP contribution in [0.1, 0.15) is 15.9 Å². The van der Waals surface area contributed by atoms with Gasteiger partial charge in [0, 0.05) is 5.56 Å². The molecule has 25 heavy (non-hydrogen) atoms. The molecule has 0 saturated carbocycles. The summed E-state index contributed by atoms with van der Waals surface area (Å²) in [6.07, 6.45) is 3.15. The van der Waals surface area contributed by atoms with Crippen molar-refractivity contribution in [3.8, 4) is 17.2 Å². The van der Waals surface area contributed by atoms with Gasteiger partial charge in [-0.15, -0.1) is 10.2 Å². The Kier molecular flexibility index (Phi) is 6.38. The molecule has 2 N–H and O–H groups in total. The molecule has 8 heteroatoms. The van der Waals surface area contributed by atoms with Crippen molar-refractivity contribution in [2.24, 2.45) is 0 Å². The molecule has 0 aliphatic carbocycles. The molecule has 1 aromatic heterocycles. The second kappa shape index (κ2) is 8.94. The van der Waals surface area contributed by atoms with Gasteiger partial charge in [-0.05, 0) is 47.7 Å². The standard InChI is InChI=1S/C14H12O5.C3H3N3/c1-18-10-7-5-9(6-8-10)14(16)13-11(15)3-2-4-12(13)19-17;1-2-4-6-5-3-1/h2-8,15,17H,1H3;1-3H. The SMILES string of the molecule is COc1ccc(C(=O)c2c(O)cccc2OO)cc1.c1cnnnc1. The maximum Gasteiger partial charge on any atom is 0.200 e. The van der Waals surface area contributed by atoms with E-state index < -0.39 is 5.78 Å². The largest absolute Gasteiger partial charge is 0.507 e. The molecule has 128 valence electrons. The lowest BCUT2D eigenvalue weighted by Crippen LogP contribution is -2.04. The molecule has 0 atom stereocenters. The topological polar surface area (TPSA) is 115 Å². The van der Waals surface area contributed by atoms with Crippen LogP contribution in [-0.2, 0) is 0 Å². The van der Waals surface area contributed by atoms with Gasteiger partial charge in [-0.3, -0.25) is 4.79 Å². The lowest BCUT2D eigenvalue weighted by atomic mass is 10.0. The Bertz CT molecular complexity index is 784. The predicted molar refractivity (Wildman–Crippen MR) is 87.6 cm³/mol. The number of phenols is 1. The molecule has 2 aromatic carbocycles. The van der Waals surface area contributed by atoms with Crippen molar-refractivity contribution in [3.63, 3.8) is 0 Å². The highest BCUT2D eigenvalue weighted by atomic mass is 17.1. The number of carbonyl (C=O) groups excluding carboxylic acids is 1. The first-order chi connectivity index (χ1) is 12.2.